The van der Waals surface area contributed by atoms with E-state index in [1.807, 2.05) is 0 Å². The number of phosphoric acid groups is 1. The van der Waals surface area contributed by atoms with Crippen molar-refractivity contribution in [3.63, 3.8) is 0 Å². The highest BCUT2D eigenvalue weighted by atomic mass is 31.2. The van der Waals surface area contributed by atoms with Gasteiger partial charge in [-0.1, -0.05) is 12.1 Å². The number of fused-ring (bicyclic) bond motifs is 2. The molecular formula is C12H12NO10P. The lowest BCUT2D eigenvalue weighted by atomic mass is 9.90. The summed E-state index contributed by atoms with van der Waals surface area (Å²) in [5, 5.41) is 37.9. The lowest BCUT2D eigenvalue weighted by Gasteiger charge is -2.53. The number of phosphoric ester groups is 1. The van der Waals surface area contributed by atoms with Gasteiger partial charge in [-0.25, -0.2) is 22.9 Å². The number of nitrogens with two attached hydrogens (primary N) is 1. The molecule has 2 atom stereocenters. The molecule has 0 aliphatic carbocycles. The third-order valence-electron chi connectivity index (χ3n) is 3.67. The number of carboxylic acid groups (broad SMARTS) is 1. The van der Waals surface area contributed by atoms with Crippen molar-refractivity contribution in [1.29, 1.82) is 0 Å². The normalized spacial score (nSPS) is 36.0. The summed E-state index contributed by atoms with van der Waals surface area (Å²) in [6.07, 6.45) is -2.14. The molecule has 3 heterocycles. The number of aliphatic hydroxyl groups is 3. The molecule has 24 heavy (non-hydrogen) atoms. The number of carboxylic acids is 1. The van der Waals surface area contributed by atoms with Crippen molar-refractivity contribution in [1.82, 2.24) is 0 Å². The van der Waals surface area contributed by atoms with Crippen LogP contribution in [0.3, 0.4) is 0 Å². The van der Waals surface area contributed by atoms with Gasteiger partial charge in [0.1, 0.15) is 6.10 Å². The van der Waals surface area contributed by atoms with E-state index in [-0.39, 0.29) is 11.1 Å². The molecule has 3 fully saturated rings. The molecule has 0 radical (unpaired) electrons. The molecule has 0 saturated carbocycles. The Morgan fingerprint density at radius 2 is 1.96 bits per heavy atom. The molecule has 3 aliphatic heterocycles. The first-order valence-electron chi connectivity index (χ1n) is 6.50. The Morgan fingerprint density at radius 1 is 1.33 bits per heavy atom. The molecule has 2 bridgehead atoms. The predicted molar refractivity (Wildman–Crippen MR) is 73.4 cm³/mol. The maximum Gasteiger partial charge on any atom is 0.484 e. The molecule has 130 valence electrons. The average Bonchev–Trinajstić information content (AvgIpc) is 2.49. The van der Waals surface area contributed by atoms with Gasteiger partial charge in [0.2, 0.25) is 0 Å². The number of aliphatic hydroxyl groups excluding tert-OH is 2. The van der Waals surface area contributed by atoms with Crippen LogP contribution in [0, 0.1) is 0 Å². The van der Waals surface area contributed by atoms with Crippen LogP contribution in [0.1, 0.15) is 15.9 Å². The molecule has 1 aromatic rings. The zero-order valence-corrected chi connectivity index (χ0v) is 12.7. The number of anilines is 1. The summed E-state index contributed by atoms with van der Waals surface area (Å²) in [6.45, 7) is -1.09. The largest absolute Gasteiger partial charge is 0.484 e. The summed E-state index contributed by atoms with van der Waals surface area (Å²) < 4.78 is 26.3. The van der Waals surface area contributed by atoms with E-state index in [1.54, 1.807) is 0 Å². The van der Waals surface area contributed by atoms with E-state index in [0.29, 0.717) is 0 Å². The number of aromatic carboxylic acids is 1. The molecule has 4 rings (SSSR count). The summed E-state index contributed by atoms with van der Waals surface area (Å²) >= 11 is 0. The average molecular weight is 361 g/mol. The fourth-order valence-electron chi connectivity index (χ4n) is 2.48. The fourth-order valence-corrected chi connectivity index (χ4v) is 4.11. The lowest BCUT2D eigenvalue weighted by Crippen LogP contribution is -2.68. The Bertz CT molecular complexity index is 784. The topological polar surface area (TPSA) is 186 Å². The summed E-state index contributed by atoms with van der Waals surface area (Å²) in [5.74, 6) is -8.44. The zero-order chi connectivity index (χ0) is 17.9. The van der Waals surface area contributed by atoms with Crippen molar-refractivity contribution in [3.05, 3.63) is 29.3 Å². The van der Waals surface area contributed by atoms with Crippen molar-refractivity contribution >= 4 is 25.3 Å². The van der Waals surface area contributed by atoms with Gasteiger partial charge in [-0.2, -0.15) is 0 Å². The van der Waals surface area contributed by atoms with Crippen LogP contribution < -0.4 is 5.73 Å². The van der Waals surface area contributed by atoms with Gasteiger partial charge in [0.25, 0.3) is 17.4 Å². The van der Waals surface area contributed by atoms with Gasteiger partial charge in [-0.3, -0.25) is 4.79 Å². The van der Waals surface area contributed by atoms with E-state index in [0.717, 1.165) is 6.07 Å². The number of nitrogen functional groups attached to an aromatic ring is 1. The number of Topliss-reactive ketones (excluding diaryl/α,β-unsaturated/α-hetero) is 1. The zero-order valence-electron chi connectivity index (χ0n) is 11.8. The van der Waals surface area contributed by atoms with Crippen LogP contribution in [-0.2, 0) is 28.7 Å². The molecule has 0 spiro atoms. The van der Waals surface area contributed by atoms with E-state index in [1.165, 1.54) is 12.1 Å². The highest BCUT2D eigenvalue weighted by Gasteiger charge is 2.77. The predicted octanol–water partition coefficient (Wildman–Crippen LogP) is -1.08. The minimum atomic E-state index is -4.40. The van der Waals surface area contributed by atoms with Crippen molar-refractivity contribution in [2.75, 3.05) is 12.3 Å². The van der Waals surface area contributed by atoms with Crippen molar-refractivity contribution < 1.29 is 48.2 Å². The molecule has 0 amide bonds. The molecule has 3 saturated heterocycles. The molecule has 12 heteroatoms. The molecule has 11 nitrogen and oxygen atoms in total. The SMILES string of the molecule is Nc1c(C(=O)O)cccc1C12OP(=O)(O1)OC(O)(C(O)CO)C2=O. The molecule has 3 aliphatic rings. The van der Waals surface area contributed by atoms with Crippen LogP contribution >= 0.6 is 7.82 Å². The summed E-state index contributed by atoms with van der Waals surface area (Å²) in [7, 11) is -4.40. The van der Waals surface area contributed by atoms with Crippen LogP contribution in [0.2, 0.25) is 0 Å². The van der Waals surface area contributed by atoms with Gasteiger partial charge in [-0.15, -0.1) is 0 Å². The maximum absolute atomic E-state index is 12.6. The Balaban J connectivity index is 2.15. The second-order valence-corrected chi connectivity index (χ2v) is 6.58. The molecule has 6 N–H and O–H groups in total. The third-order valence-corrected chi connectivity index (χ3v) is 5.14. The molecular weight excluding hydrogens is 349 g/mol. The number of carbonyl (C=O) groups excluding carboxylic acids is 1. The van der Waals surface area contributed by atoms with Gasteiger partial charge in [0, 0.05) is 5.56 Å². The number of hydrogen-bond donors (Lipinski definition) is 5. The molecule has 2 unspecified atom stereocenters. The molecule has 1 aromatic carbocycles. The first-order chi connectivity index (χ1) is 11.1. The minimum Gasteiger partial charge on any atom is -0.478 e. The Kier molecular flexibility index (Phi) is 3.59. The van der Waals surface area contributed by atoms with Crippen molar-refractivity contribution in [2.45, 2.75) is 17.7 Å². The Morgan fingerprint density at radius 3 is 2.50 bits per heavy atom. The quantitative estimate of drug-likeness (QED) is 0.324. The van der Waals surface area contributed by atoms with E-state index in [9.17, 15) is 24.4 Å². The van der Waals surface area contributed by atoms with E-state index >= 15 is 0 Å². The van der Waals surface area contributed by atoms with Crippen molar-refractivity contribution in [3.8, 4) is 0 Å². The lowest BCUT2D eigenvalue weighted by molar-refractivity contribution is -0.317. The van der Waals surface area contributed by atoms with E-state index in [4.69, 9.17) is 25.0 Å². The number of carbonyl (C=O) groups is 2. The van der Waals surface area contributed by atoms with Crippen LogP contribution in [-0.4, -0.2) is 50.7 Å². The highest BCUT2D eigenvalue weighted by Crippen LogP contribution is 2.75. The summed E-state index contributed by atoms with van der Waals surface area (Å²) in [6, 6.07) is 3.54. The van der Waals surface area contributed by atoms with Crippen LogP contribution in [0.25, 0.3) is 0 Å². The Hall–Kier alpha value is -1.85. The standard InChI is InChI=1S/C12H12NO10P/c13-8-5(9(16)17)2-1-3-6(8)12-10(18)11(19,7(15)4-14)21-24(20,22-12)23-12/h1-3,7,14-15,19H,4,13H2,(H,16,17). The summed E-state index contributed by atoms with van der Waals surface area (Å²) in [5.41, 5.74) is 4.57. The Labute approximate surface area is 133 Å². The van der Waals surface area contributed by atoms with E-state index < -0.39 is 49.5 Å². The third kappa shape index (κ3) is 2.04. The van der Waals surface area contributed by atoms with Gasteiger partial charge in [0.05, 0.1) is 17.9 Å². The number of rotatable bonds is 4. The van der Waals surface area contributed by atoms with Gasteiger partial charge < -0.3 is 26.2 Å². The van der Waals surface area contributed by atoms with Gasteiger partial charge in [-0.05, 0) is 6.07 Å². The monoisotopic (exact) mass is 361 g/mol. The number of para-hydroxylation sites is 1. The van der Waals surface area contributed by atoms with E-state index in [2.05, 4.69) is 4.52 Å². The fraction of sp³-hybridized carbons (Fsp3) is 0.333. The van der Waals surface area contributed by atoms with Crippen LogP contribution in [0.15, 0.2) is 18.2 Å². The second-order valence-electron chi connectivity index (χ2n) is 5.13. The smallest absolute Gasteiger partial charge is 0.478 e. The van der Waals surface area contributed by atoms with Gasteiger partial charge in [0.15, 0.2) is 0 Å². The maximum atomic E-state index is 12.6. The number of ketones is 1. The van der Waals surface area contributed by atoms with Crippen LogP contribution in [0.4, 0.5) is 5.69 Å². The van der Waals surface area contributed by atoms with Crippen LogP contribution in [0.5, 0.6) is 0 Å². The highest BCUT2D eigenvalue weighted by molar-refractivity contribution is 7.50. The number of hydrogen-bond acceptors (Lipinski definition) is 10. The molecule has 0 aromatic heterocycles. The summed E-state index contributed by atoms with van der Waals surface area (Å²) in [4.78, 5) is 23.7. The van der Waals surface area contributed by atoms with Crippen molar-refractivity contribution in [2.24, 2.45) is 0 Å². The minimum absolute atomic E-state index is 0.328. The second kappa shape index (κ2) is 5.07. The first-order valence-corrected chi connectivity index (χ1v) is 7.96. The first kappa shape index (κ1) is 17.0. The van der Waals surface area contributed by atoms with Gasteiger partial charge >= 0.3 is 13.8 Å². The number of benzene rings is 1.